The van der Waals surface area contributed by atoms with Crippen molar-refractivity contribution in [2.75, 3.05) is 6.79 Å². The molecule has 11 heavy (non-hydrogen) atoms. The van der Waals surface area contributed by atoms with Crippen molar-refractivity contribution in [2.45, 2.75) is 13.8 Å². The molecule has 0 unspecified atom stereocenters. The minimum atomic E-state index is 0.340. The number of rotatable bonds is 0. The molecule has 2 bridgehead atoms. The average Bonchev–Trinajstić information content (AvgIpc) is 2.30. The van der Waals surface area contributed by atoms with Gasteiger partial charge in [-0.15, -0.1) is 0 Å². The van der Waals surface area contributed by atoms with Gasteiger partial charge in [-0.05, 0) is 37.1 Å². The molecule has 3 rings (SSSR count). The normalized spacial score (nSPS) is 13.6. The molecule has 0 atom stereocenters. The predicted molar refractivity (Wildman–Crippen MR) is 42.0 cm³/mol. The van der Waals surface area contributed by atoms with Gasteiger partial charge in [0.25, 0.3) is 0 Å². The smallest absolute Gasteiger partial charge is 0.230 e. The minimum absolute atomic E-state index is 0.340. The van der Waals surface area contributed by atoms with Crippen LogP contribution >= 0.6 is 0 Å². The predicted octanol–water partition coefficient (Wildman–Crippen LogP) is 2.03. The van der Waals surface area contributed by atoms with Crippen LogP contribution < -0.4 is 9.47 Å². The molecule has 1 aromatic rings. The van der Waals surface area contributed by atoms with Crippen LogP contribution in [0.4, 0.5) is 0 Å². The van der Waals surface area contributed by atoms with Crippen molar-refractivity contribution < 1.29 is 9.47 Å². The second kappa shape index (κ2) is 2.16. The molecule has 0 saturated heterocycles. The molecule has 0 radical (unpaired) electrons. The zero-order chi connectivity index (χ0) is 7.84. The SMILES string of the molecule is Cc1c2ccc(c1C)OCO2. The number of ether oxygens (including phenoxy) is 2. The number of hydrogen-bond acceptors (Lipinski definition) is 2. The Kier molecular flexibility index (Phi) is 1.28. The topological polar surface area (TPSA) is 18.5 Å². The Morgan fingerprint density at radius 3 is 1.91 bits per heavy atom. The fraction of sp³-hybridized carbons (Fsp3) is 0.333. The molecular formula is C9H10O2. The van der Waals surface area contributed by atoms with E-state index in [1.807, 2.05) is 26.0 Å². The average molecular weight is 150 g/mol. The van der Waals surface area contributed by atoms with Crippen LogP contribution in [-0.4, -0.2) is 6.79 Å². The Bertz CT molecular complexity index is 263. The Morgan fingerprint density at radius 1 is 1.00 bits per heavy atom. The van der Waals surface area contributed by atoms with Crippen LogP contribution in [0.3, 0.4) is 0 Å². The molecular weight excluding hydrogens is 140 g/mol. The van der Waals surface area contributed by atoms with Crippen molar-refractivity contribution in [3.63, 3.8) is 0 Å². The van der Waals surface area contributed by atoms with Gasteiger partial charge in [-0.1, -0.05) is 0 Å². The van der Waals surface area contributed by atoms with Crippen LogP contribution in [0.1, 0.15) is 11.1 Å². The first-order chi connectivity index (χ1) is 5.29. The largest absolute Gasteiger partial charge is 0.457 e. The first-order valence-corrected chi connectivity index (χ1v) is 3.65. The van der Waals surface area contributed by atoms with Crippen LogP contribution in [0, 0.1) is 13.8 Å². The van der Waals surface area contributed by atoms with Crippen molar-refractivity contribution in [1.82, 2.24) is 0 Å². The van der Waals surface area contributed by atoms with Crippen LogP contribution in [0.15, 0.2) is 12.1 Å². The van der Waals surface area contributed by atoms with Gasteiger partial charge < -0.3 is 9.47 Å². The zero-order valence-electron chi connectivity index (χ0n) is 6.68. The lowest BCUT2D eigenvalue weighted by atomic mass is 10.1. The van der Waals surface area contributed by atoms with Crippen molar-refractivity contribution >= 4 is 0 Å². The molecule has 0 N–H and O–H groups in total. The summed E-state index contributed by atoms with van der Waals surface area (Å²) >= 11 is 0. The standard InChI is InChI=1S/C9H10O2/c1-6-7(2)9-4-3-8(6)10-5-11-9/h3-4H,5H2,1-2H3. The van der Waals surface area contributed by atoms with E-state index >= 15 is 0 Å². The molecule has 0 fully saturated rings. The van der Waals surface area contributed by atoms with Crippen LogP contribution in [0.5, 0.6) is 11.5 Å². The molecule has 2 heterocycles. The molecule has 2 aliphatic heterocycles. The van der Waals surface area contributed by atoms with E-state index in [0.717, 1.165) is 11.5 Å². The van der Waals surface area contributed by atoms with Crippen molar-refractivity contribution in [1.29, 1.82) is 0 Å². The van der Waals surface area contributed by atoms with E-state index in [2.05, 4.69) is 0 Å². The van der Waals surface area contributed by atoms with E-state index in [0.29, 0.717) is 6.79 Å². The lowest BCUT2D eigenvalue weighted by molar-refractivity contribution is 0.126. The van der Waals surface area contributed by atoms with Gasteiger partial charge in [-0.2, -0.15) is 0 Å². The van der Waals surface area contributed by atoms with Gasteiger partial charge in [0.2, 0.25) is 6.79 Å². The third-order valence-corrected chi connectivity index (χ3v) is 2.12. The molecule has 0 spiro atoms. The van der Waals surface area contributed by atoms with E-state index in [9.17, 15) is 0 Å². The maximum Gasteiger partial charge on any atom is 0.230 e. The summed E-state index contributed by atoms with van der Waals surface area (Å²) in [5.41, 5.74) is 2.36. The number of benzene rings is 1. The van der Waals surface area contributed by atoms with Crippen LogP contribution in [0.25, 0.3) is 0 Å². The lowest BCUT2D eigenvalue weighted by Gasteiger charge is -2.02. The third-order valence-electron chi connectivity index (χ3n) is 2.12. The van der Waals surface area contributed by atoms with E-state index < -0.39 is 0 Å². The van der Waals surface area contributed by atoms with Crippen molar-refractivity contribution in [2.24, 2.45) is 0 Å². The second-order valence-electron chi connectivity index (χ2n) is 2.72. The van der Waals surface area contributed by atoms with Gasteiger partial charge >= 0.3 is 0 Å². The second-order valence-corrected chi connectivity index (χ2v) is 2.72. The summed E-state index contributed by atoms with van der Waals surface area (Å²) < 4.78 is 10.6. The molecule has 2 nitrogen and oxygen atoms in total. The summed E-state index contributed by atoms with van der Waals surface area (Å²) in [5.74, 6) is 1.87. The Hall–Kier alpha value is -1.18. The van der Waals surface area contributed by atoms with Gasteiger partial charge in [-0.25, -0.2) is 0 Å². The highest BCUT2D eigenvalue weighted by molar-refractivity contribution is 5.47. The summed E-state index contributed by atoms with van der Waals surface area (Å²) in [5, 5.41) is 0. The van der Waals surface area contributed by atoms with Crippen molar-refractivity contribution in [3.8, 4) is 11.5 Å². The molecule has 58 valence electrons. The van der Waals surface area contributed by atoms with E-state index in [4.69, 9.17) is 9.47 Å². The third kappa shape index (κ3) is 0.862. The molecule has 0 aromatic heterocycles. The van der Waals surface area contributed by atoms with E-state index in [1.165, 1.54) is 11.1 Å². The van der Waals surface area contributed by atoms with Crippen LogP contribution in [-0.2, 0) is 0 Å². The van der Waals surface area contributed by atoms with E-state index in [1.54, 1.807) is 0 Å². The summed E-state index contributed by atoms with van der Waals surface area (Å²) in [6.07, 6.45) is 0. The summed E-state index contributed by atoms with van der Waals surface area (Å²) in [7, 11) is 0. The zero-order valence-corrected chi connectivity index (χ0v) is 6.68. The molecule has 0 saturated carbocycles. The fourth-order valence-electron chi connectivity index (χ4n) is 1.24. The fourth-order valence-corrected chi connectivity index (χ4v) is 1.24. The van der Waals surface area contributed by atoms with Crippen molar-refractivity contribution in [3.05, 3.63) is 23.3 Å². The van der Waals surface area contributed by atoms with Crippen LogP contribution in [0.2, 0.25) is 0 Å². The van der Waals surface area contributed by atoms with Gasteiger partial charge in [0.1, 0.15) is 11.5 Å². The highest BCUT2D eigenvalue weighted by atomic mass is 16.7. The molecule has 2 heteroatoms. The minimum Gasteiger partial charge on any atom is -0.457 e. The summed E-state index contributed by atoms with van der Waals surface area (Å²) in [6, 6.07) is 3.90. The number of hydrogen-bond donors (Lipinski definition) is 0. The monoisotopic (exact) mass is 150 g/mol. The van der Waals surface area contributed by atoms with Gasteiger partial charge in [0.05, 0.1) is 0 Å². The summed E-state index contributed by atoms with van der Waals surface area (Å²) in [4.78, 5) is 0. The maximum atomic E-state index is 5.31. The van der Waals surface area contributed by atoms with E-state index in [-0.39, 0.29) is 0 Å². The molecule has 2 aliphatic rings. The molecule has 1 aromatic carbocycles. The number of fused-ring (bicyclic) bond motifs is 4. The highest BCUT2D eigenvalue weighted by Crippen LogP contribution is 2.31. The Balaban J connectivity index is 2.67. The Morgan fingerprint density at radius 2 is 1.45 bits per heavy atom. The first-order valence-electron chi connectivity index (χ1n) is 3.65. The van der Waals surface area contributed by atoms with Gasteiger partial charge in [0.15, 0.2) is 0 Å². The van der Waals surface area contributed by atoms with Gasteiger partial charge in [0, 0.05) is 0 Å². The molecule has 0 aliphatic carbocycles. The summed E-state index contributed by atoms with van der Waals surface area (Å²) in [6.45, 7) is 4.43. The first kappa shape index (κ1) is 6.53. The molecule has 0 amide bonds. The maximum absolute atomic E-state index is 5.31. The van der Waals surface area contributed by atoms with Gasteiger partial charge in [-0.3, -0.25) is 0 Å². The highest BCUT2D eigenvalue weighted by Gasteiger charge is 2.12. The Labute approximate surface area is 65.7 Å². The quantitative estimate of drug-likeness (QED) is 0.563. The lowest BCUT2D eigenvalue weighted by Crippen LogP contribution is -2.01.